The molecular weight excluding hydrogens is 360 g/mol. The fourth-order valence-electron chi connectivity index (χ4n) is 3.03. The number of nitrogens with one attached hydrogen (secondary N) is 2. The lowest BCUT2D eigenvalue weighted by Gasteiger charge is -2.20. The Hall–Kier alpha value is -2.91. The van der Waals surface area contributed by atoms with Crippen molar-refractivity contribution in [1.82, 2.24) is 25.3 Å². The van der Waals surface area contributed by atoms with Crippen molar-refractivity contribution in [2.45, 2.75) is 52.5 Å². The number of anilines is 1. The van der Waals surface area contributed by atoms with Gasteiger partial charge in [-0.1, -0.05) is 18.2 Å². The highest BCUT2D eigenvalue weighted by Gasteiger charge is 2.22. The molecular formula is C19H26N6O3. The van der Waals surface area contributed by atoms with Crippen LogP contribution in [-0.4, -0.2) is 37.3 Å². The van der Waals surface area contributed by atoms with Crippen LogP contribution >= 0.6 is 0 Å². The molecule has 9 heteroatoms. The van der Waals surface area contributed by atoms with E-state index in [0.717, 1.165) is 16.4 Å². The predicted octanol–water partition coefficient (Wildman–Crippen LogP) is 2.08. The molecule has 0 atom stereocenters. The number of fused-ring (bicyclic) bond motifs is 3. The van der Waals surface area contributed by atoms with Gasteiger partial charge in [-0.05, 0) is 33.8 Å². The molecule has 0 aliphatic heterocycles. The first kappa shape index (κ1) is 19.8. The van der Waals surface area contributed by atoms with E-state index >= 15 is 0 Å². The number of urea groups is 1. The van der Waals surface area contributed by atoms with Gasteiger partial charge < -0.3 is 20.7 Å². The Morgan fingerprint density at radius 2 is 2.04 bits per heavy atom. The van der Waals surface area contributed by atoms with E-state index in [9.17, 15) is 9.90 Å². The van der Waals surface area contributed by atoms with Crippen molar-refractivity contribution < 1.29 is 14.7 Å². The molecule has 28 heavy (non-hydrogen) atoms. The summed E-state index contributed by atoms with van der Waals surface area (Å²) in [6.45, 7) is 7.40. The van der Waals surface area contributed by atoms with Crippen molar-refractivity contribution in [3.05, 3.63) is 30.1 Å². The zero-order valence-corrected chi connectivity index (χ0v) is 16.5. The minimum Gasteiger partial charge on any atom is -0.389 e. The van der Waals surface area contributed by atoms with E-state index in [0.29, 0.717) is 17.2 Å². The Morgan fingerprint density at radius 1 is 1.32 bits per heavy atom. The van der Waals surface area contributed by atoms with E-state index in [1.807, 2.05) is 42.7 Å². The third-order valence-corrected chi connectivity index (χ3v) is 4.02. The van der Waals surface area contributed by atoms with Crippen LogP contribution in [0.5, 0.6) is 0 Å². The Kier molecular flexibility index (Phi) is 5.39. The summed E-state index contributed by atoms with van der Waals surface area (Å²) < 4.78 is 1.86. The van der Waals surface area contributed by atoms with E-state index < -0.39 is 11.6 Å². The van der Waals surface area contributed by atoms with Crippen LogP contribution in [-0.2, 0) is 18.0 Å². The molecule has 5 N–H and O–H groups in total. The van der Waals surface area contributed by atoms with E-state index in [1.54, 1.807) is 13.8 Å². The molecule has 0 fully saturated rings. The lowest BCUT2D eigenvalue weighted by Crippen LogP contribution is -2.39. The second-order valence-corrected chi connectivity index (χ2v) is 7.66. The molecule has 3 rings (SSSR count). The number of hydrogen-bond acceptors (Lipinski definition) is 6. The molecule has 0 saturated heterocycles. The number of carbonyl (C=O) groups is 1. The number of benzene rings is 1. The molecule has 0 aliphatic rings. The highest BCUT2D eigenvalue weighted by molar-refractivity contribution is 6.06. The highest BCUT2D eigenvalue weighted by Crippen LogP contribution is 2.30. The van der Waals surface area contributed by atoms with Gasteiger partial charge in [0.15, 0.2) is 5.82 Å². The van der Waals surface area contributed by atoms with Gasteiger partial charge in [0, 0.05) is 11.4 Å². The van der Waals surface area contributed by atoms with E-state index in [2.05, 4.69) is 20.8 Å². The lowest BCUT2D eigenvalue weighted by molar-refractivity contribution is 0.0356. The number of aromatic nitrogens is 3. The van der Waals surface area contributed by atoms with Gasteiger partial charge in [0.25, 0.3) is 0 Å². The summed E-state index contributed by atoms with van der Waals surface area (Å²) >= 11 is 0. The summed E-state index contributed by atoms with van der Waals surface area (Å²) in [5.41, 5.74) is 9.52. The van der Waals surface area contributed by atoms with Crippen molar-refractivity contribution in [2.24, 2.45) is 0 Å². The van der Waals surface area contributed by atoms with Crippen molar-refractivity contribution in [3.63, 3.8) is 0 Å². The van der Waals surface area contributed by atoms with Crippen molar-refractivity contribution in [3.8, 4) is 0 Å². The molecule has 0 radical (unpaired) electrons. The Labute approximate surface area is 162 Å². The smallest absolute Gasteiger partial charge is 0.338 e. The maximum atomic E-state index is 11.7. The van der Waals surface area contributed by atoms with Crippen LogP contribution in [0.2, 0.25) is 0 Å². The normalized spacial score (nSPS) is 12.1. The maximum Gasteiger partial charge on any atom is 0.338 e. The van der Waals surface area contributed by atoms with Gasteiger partial charge in [0.2, 0.25) is 0 Å². The minimum atomic E-state index is -0.996. The number of carbonyl (C=O) groups excluding carboxylic acids is 1. The van der Waals surface area contributed by atoms with Gasteiger partial charge in [0.1, 0.15) is 17.9 Å². The number of aliphatic hydroxyl groups is 1. The van der Waals surface area contributed by atoms with E-state index in [-0.39, 0.29) is 19.2 Å². The highest BCUT2D eigenvalue weighted by atomic mass is 16.7. The van der Waals surface area contributed by atoms with Crippen molar-refractivity contribution in [2.75, 3.05) is 5.73 Å². The number of amides is 2. The van der Waals surface area contributed by atoms with Gasteiger partial charge in [-0.2, -0.15) is 0 Å². The Morgan fingerprint density at radius 3 is 2.71 bits per heavy atom. The third kappa shape index (κ3) is 4.32. The van der Waals surface area contributed by atoms with Crippen LogP contribution < -0.4 is 16.5 Å². The first-order valence-corrected chi connectivity index (χ1v) is 9.09. The average Bonchev–Trinajstić information content (AvgIpc) is 2.92. The largest absolute Gasteiger partial charge is 0.389 e. The Bertz CT molecular complexity index is 1010. The third-order valence-electron chi connectivity index (χ3n) is 4.02. The maximum absolute atomic E-state index is 11.7. The summed E-state index contributed by atoms with van der Waals surface area (Å²) in [6, 6.07) is 7.16. The number of nitrogens with two attached hydrogens (primary N) is 1. The molecule has 9 nitrogen and oxygen atoms in total. The van der Waals surface area contributed by atoms with Crippen molar-refractivity contribution in [1.29, 1.82) is 0 Å². The van der Waals surface area contributed by atoms with Gasteiger partial charge in [-0.3, -0.25) is 4.84 Å². The topological polar surface area (TPSA) is 127 Å². The molecule has 2 amide bonds. The molecule has 0 bridgehead atoms. The number of nitrogen functional groups attached to an aromatic ring is 1. The molecule has 2 aromatic heterocycles. The summed E-state index contributed by atoms with van der Waals surface area (Å²) in [4.78, 5) is 26.0. The molecule has 0 spiro atoms. The molecule has 0 unspecified atom stereocenters. The van der Waals surface area contributed by atoms with Crippen LogP contribution in [0.15, 0.2) is 24.3 Å². The average molecular weight is 386 g/mol. The number of pyridine rings is 1. The predicted molar refractivity (Wildman–Crippen MR) is 107 cm³/mol. The number of hydroxylamine groups is 1. The zero-order valence-electron chi connectivity index (χ0n) is 16.5. The lowest BCUT2D eigenvalue weighted by atomic mass is 10.1. The van der Waals surface area contributed by atoms with Crippen LogP contribution in [0.1, 0.15) is 33.5 Å². The molecule has 3 aromatic rings. The van der Waals surface area contributed by atoms with Gasteiger partial charge >= 0.3 is 6.03 Å². The summed E-state index contributed by atoms with van der Waals surface area (Å²) in [6.07, 6.45) is 0. The number of imidazole rings is 1. The van der Waals surface area contributed by atoms with Crippen LogP contribution in [0, 0.1) is 0 Å². The second-order valence-electron chi connectivity index (χ2n) is 7.66. The monoisotopic (exact) mass is 386 g/mol. The Balaban J connectivity index is 2.01. The summed E-state index contributed by atoms with van der Waals surface area (Å²) in [5.74, 6) is 0.821. The van der Waals surface area contributed by atoms with Crippen LogP contribution in [0.25, 0.3) is 21.9 Å². The second kappa shape index (κ2) is 7.61. The quantitative estimate of drug-likeness (QED) is 0.480. The standard InChI is InChI=1S/C19H26N6O3/c1-11(2)21-18(26)24-28-9-14-23-15-16(25(14)10-19(3,4)27)12-7-5-6-8-13(12)22-17(15)20/h5-8,11,27H,9-10H2,1-4H3,(H2,20,22)(H2,21,24,26). The van der Waals surface area contributed by atoms with E-state index in [1.165, 1.54) is 0 Å². The summed E-state index contributed by atoms with van der Waals surface area (Å²) in [5, 5.41) is 14.0. The molecule has 1 aromatic carbocycles. The zero-order chi connectivity index (χ0) is 20.5. The van der Waals surface area contributed by atoms with Crippen molar-refractivity contribution >= 4 is 33.8 Å². The number of rotatable bonds is 6. The van der Waals surface area contributed by atoms with Gasteiger partial charge in [0.05, 0.1) is 23.2 Å². The fraction of sp³-hybridized carbons (Fsp3) is 0.421. The molecule has 150 valence electrons. The number of nitrogens with zero attached hydrogens (tertiary/aromatic N) is 3. The van der Waals surface area contributed by atoms with Gasteiger partial charge in [-0.15, -0.1) is 0 Å². The minimum absolute atomic E-state index is 0.00401. The van der Waals surface area contributed by atoms with Gasteiger partial charge in [-0.25, -0.2) is 20.2 Å². The number of para-hydroxylation sites is 1. The molecule has 0 aliphatic carbocycles. The first-order chi connectivity index (χ1) is 13.2. The first-order valence-electron chi connectivity index (χ1n) is 9.09. The van der Waals surface area contributed by atoms with Crippen LogP contribution in [0.3, 0.4) is 0 Å². The SMILES string of the molecule is CC(C)NC(=O)NOCc1nc2c(N)nc3ccccc3c2n1CC(C)(C)O. The fourth-order valence-corrected chi connectivity index (χ4v) is 3.03. The van der Waals surface area contributed by atoms with E-state index in [4.69, 9.17) is 10.6 Å². The number of hydrogen-bond donors (Lipinski definition) is 4. The van der Waals surface area contributed by atoms with Crippen LogP contribution in [0.4, 0.5) is 10.6 Å². The molecule has 0 saturated carbocycles. The molecule has 2 heterocycles. The summed E-state index contributed by atoms with van der Waals surface area (Å²) in [7, 11) is 0.